The van der Waals surface area contributed by atoms with Crippen LogP contribution in [-0.4, -0.2) is 23.6 Å². The van der Waals surface area contributed by atoms with Gasteiger partial charge in [0.15, 0.2) is 0 Å². The summed E-state index contributed by atoms with van der Waals surface area (Å²) in [6.45, 7) is 6.86. The number of benzene rings is 1. The number of nitrogens with one attached hydrogen (secondary N) is 1. The van der Waals surface area contributed by atoms with Crippen LogP contribution >= 0.6 is 0 Å². The number of ether oxygens (including phenoxy) is 1. The molecule has 0 amide bonds. The molecule has 5 nitrogen and oxygen atoms in total. The van der Waals surface area contributed by atoms with Crippen LogP contribution in [0, 0.1) is 24.0 Å². The minimum absolute atomic E-state index is 0.130. The van der Waals surface area contributed by atoms with E-state index in [1.807, 2.05) is 13.0 Å². The molecule has 1 fully saturated rings. The summed E-state index contributed by atoms with van der Waals surface area (Å²) in [6.07, 6.45) is 3.25. The largest absolute Gasteiger partial charge is 0.490 e. The molecule has 5 heteroatoms. The Hall–Kier alpha value is -1.62. The van der Waals surface area contributed by atoms with Crippen molar-refractivity contribution in [2.45, 2.75) is 52.2 Å². The SMILES string of the molecule is CCCNC1CC(Oc2cc([N+](=O)[O-])c(C)cc2C)C1. The number of rotatable bonds is 6. The molecular formula is C15H22N2O3. The first-order chi connectivity index (χ1) is 9.51. The molecule has 1 saturated carbocycles. The third kappa shape index (κ3) is 3.28. The molecule has 0 heterocycles. The van der Waals surface area contributed by atoms with Gasteiger partial charge >= 0.3 is 0 Å². The van der Waals surface area contributed by atoms with Crippen LogP contribution in [0.2, 0.25) is 0 Å². The van der Waals surface area contributed by atoms with Gasteiger partial charge in [0.25, 0.3) is 5.69 Å². The zero-order valence-electron chi connectivity index (χ0n) is 12.3. The summed E-state index contributed by atoms with van der Waals surface area (Å²) in [5, 5.41) is 14.4. The predicted octanol–water partition coefficient (Wildman–Crippen LogP) is 3.12. The van der Waals surface area contributed by atoms with Crippen molar-refractivity contribution in [3.05, 3.63) is 33.4 Å². The fraction of sp³-hybridized carbons (Fsp3) is 0.600. The van der Waals surface area contributed by atoms with Crippen LogP contribution in [0.15, 0.2) is 12.1 Å². The lowest BCUT2D eigenvalue weighted by atomic mass is 9.89. The molecule has 0 unspecified atom stereocenters. The van der Waals surface area contributed by atoms with Gasteiger partial charge < -0.3 is 10.1 Å². The average molecular weight is 278 g/mol. The van der Waals surface area contributed by atoms with Crippen molar-refractivity contribution in [3.8, 4) is 5.75 Å². The minimum atomic E-state index is -0.353. The summed E-state index contributed by atoms with van der Waals surface area (Å²) in [5.41, 5.74) is 1.76. The predicted molar refractivity (Wildman–Crippen MR) is 78.3 cm³/mol. The maximum atomic E-state index is 11.0. The van der Waals surface area contributed by atoms with Gasteiger partial charge in [-0.3, -0.25) is 10.1 Å². The Bertz CT molecular complexity index is 496. The Kier molecular flexibility index (Phi) is 4.60. The lowest BCUT2D eigenvalue weighted by Crippen LogP contribution is -2.47. The average Bonchev–Trinajstić information content (AvgIpc) is 2.33. The Balaban J connectivity index is 1.97. The number of nitro groups is 1. The van der Waals surface area contributed by atoms with Crippen molar-refractivity contribution in [2.75, 3.05) is 6.54 Å². The first-order valence-electron chi connectivity index (χ1n) is 7.17. The Morgan fingerprint density at radius 1 is 1.35 bits per heavy atom. The van der Waals surface area contributed by atoms with Gasteiger partial charge in [-0.2, -0.15) is 0 Å². The number of aryl methyl sites for hydroxylation is 2. The maximum Gasteiger partial charge on any atom is 0.276 e. The topological polar surface area (TPSA) is 64.4 Å². The summed E-state index contributed by atoms with van der Waals surface area (Å²) in [6, 6.07) is 3.90. The van der Waals surface area contributed by atoms with Gasteiger partial charge in [-0.05, 0) is 51.3 Å². The van der Waals surface area contributed by atoms with Crippen molar-refractivity contribution in [3.63, 3.8) is 0 Å². The molecule has 0 bridgehead atoms. The second kappa shape index (κ2) is 6.22. The van der Waals surface area contributed by atoms with Crippen LogP contribution < -0.4 is 10.1 Å². The van der Waals surface area contributed by atoms with Gasteiger partial charge in [-0.15, -0.1) is 0 Å². The summed E-state index contributed by atoms with van der Waals surface area (Å²) in [5.74, 6) is 0.640. The van der Waals surface area contributed by atoms with Crippen molar-refractivity contribution in [2.24, 2.45) is 0 Å². The van der Waals surface area contributed by atoms with Crippen LogP contribution in [0.3, 0.4) is 0 Å². The molecule has 20 heavy (non-hydrogen) atoms. The fourth-order valence-corrected chi connectivity index (χ4v) is 2.50. The number of nitro benzene ring substituents is 1. The van der Waals surface area contributed by atoms with E-state index >= 15 is 0 Å². The third-order valence-electron chi connectivity index (χ3n) is 3.76. The van der Waals surface area contributed by atoms with Crippen molar-refractivity contribution >= 4 is 5.69 Å². The highest BCUT2D eigenvalue weighted by Gasteiger charge is 2.31. The Morgan fingerprint density at radius 2 is 2.05 bits per heavy atom. The van der Waals surface area contributed by atoms with Crippen LogP contribution in [0.5, 0.6) is 5.75 Å². The second-order valence-corrected chi connectivity index (χ2v) is 5.52. The molecule has 0 spiro atoms. The van der Waals surface area contributed by atoms with Gasteiger partial charge in [0.2, 0.25) is 0 Å². The molecule has 0 saturated heterocycles. The van der Waals surface area contributed by atoms with E-state index in [9.17, 15) is 10.1 Å². The van der Waals surface area contributed by atoms with E-state index in [1.165, 1.54) is 0 Å². The van der Waals surface area contributed by atoms with E-state index in [0.29, 0.717) is 17.4 Å². The molecule has 1 aromatic carbocycles. The molecule has 1 aromatic rings. The molecule has 2 rings (SSSR count). The fourth-order valence-electron chi connectivity index (χ4n) is 2.50. The monoisotopic (exact) mass is 278 g/mol. The molecule has 110 valence electrons. The first kappa shape index (κ1) is 14.8. The third-order valence-corrected chi connectivity index (χ3v) is 3.76. The molecule has 0 aromatic heterocycles. The lowest BCUT2D eigenvalue weighted by molar-refractivity contribution is -0.385. The maximum absolute atomic E-state index is 11.0. The quantitative estimate of drug-likeness (QED) is 0.641. The number of hydrogen-bond acceptors (Lipinski definition) is 4. The van der Waals surface area contributed by atoms with E-state index < -0.39 is 0 Å². The Labute approximate surface area is 119 Å². The van der Waals surface area contributed by atoms with Crippen molar-refractivity contribution < 1.29 is 9.66 Å². The normalized spacial score (nSPS) is 21.4. The zero-order chi connectivity index (χ0) is 14.7. The smallest absolute Gasteiger partial charge is 0.276 e. The van der Waals surface area contributed by atoms with Gasteiger partial charge in [0.1, 0.15) is 11.9 Å². The summed E-state index contributed by atoms with van der Waals surface area (Å²) < 4.78 is 5.89. The molecule has 0 radical (unpaired) electrons. The zero-order valence-corrected chi connectivity index (χ0v) is 12.3. The summed E-state index contributed by atoms with van der Waals surface area (Å²) >= 11 is 0. The van der Waals surface area contributed by atoms with Crippen LogP contribution in [-0.2, 0) is 0 Å². The van der Waals surface area contributed by atoms with Crippen molar-refractivity contribution in [1.82, 2.24) is 5.32 Å². The van der Waals surface area contributed by atoms with Gasteiger partial charge in [0.05, 0.1) is 11.0 Å². The highest BCUT2D eigenvalue weighted by molar-refractivity contribution is 5.49. The second-order valence-electron chi connectivity index (χ2n) is 5.52. The van der Waals surface area contributed by atoms with E-state index in [1.54, 1.807) is 13.0 Å². The lowest BCUT2D eigenvalue weighted by Gasteiger charge is -2.36. The van der Waals surface area contributed by atoms with Gasteiger partial charge in [-0.25, -0.2) is 0 Å². The van der Waals surface area contributed by atoms with E-state index in [0.717, 1.165) is 31.4 Å². The van der Waals surface area contributed by atoms with E-state index in [2.05, 4.69) is 12.2 Å². The molecule has 0 atom stereocenters. The molecule has 0 aliphatic heterocycles. The highest BCUT2D eigenvalue weighted by Crippen LogP contribution is 2.32. The van der Waals surface area contributed by atoms with E-state index in [4.69, 9.17) is 4.74 Å². The first-order valence-corrected chi connectivity index (χ1v) is 7.17. The van der Waals surface area contributed by atoms with Crippen molar-refractivity contribution in [1.29, 1.82) is 0 Å². The minimum Gasteiger partial charge on any atom is -0.490 e. The Morgan fingerprint density at radius 3 is 2.65 bits per heavy atom. The van der Waals surface area contributed by atoms with Crippen LogP contribution in [0.25, 0.3) is 0 Å². The van der Waals surface area contributed by atoms with E-state index in [-0.39, 0.29) is 16.7 Å². The van der Waals surface area contributed by atoms with Crippen LogP contribution in [0.1, 0.15) is 37.3 Å². The standard InChI is InChI=1S/C15H22N2O3/c1-4-5-16-12-7-13(8-12)20-15-9-14(17(18)19)10(2)6-11(15)3/h6,9,12-13,16H,4-5,7-8H2,1-3H3. The molecule has 1 N–H and O–H groups in total. The van der Waals surface area contributed by atoms with Crippen LogP contribution in [0.4, 0.5) is 5.69 Å². The molecular weight excluding hydrogens is 256 g/mol. The summed E-state index contributed by atoms with van der Waals surface area (Å²) in [4.78, 5) is 10.6. The number of nitrogens with zero attached hydrogens (tertiary/aromatic N) is 1. The molecule has 1 aliphatic carbocycles. The molecule has 1 aliphatic rings. The highest BCUT2D eigenvalue weighted by atomic mass is 16.6. The van der Waals surface area contributed by atoms with Gasteiger partial charge in [0, 0.05) is 11.6 Å². The number of hydrogen-bond donors (Lipinski definition) is 1. The summed E-state index contributed by atoms with van der Waals surface area (Å²) in [7, 11) is 0. The van der Waals surface area contributed by atoms with Gasteiger partial charge in [-0.1, -0.05) is 6.92 Å².